The van der Waals surface area contributed by atoms with Crippen molar-refractivity contribution in [3.05, 3.63) is 72.2 Å². The molecule has 0 bridgehead atoms. The summed E-state index contributed by atoms with van der Waals surface area (Å²) < 4.78 is 7.38. The lowest BCUT2D eigenvalue weighted by molar-refractivity contribution is 0.194. The molecule has 5 heteroatoms. The standard InChI is InChI=1S/C19H22N4O/c1-2-5-16(6-3-1)12-23-15-20-21-19(23)18-7-4-9-22(13-18)11-17-8-10-24-14-17/h1-3,5-6,8,10,14-15,18H,4,7,9,11-13H2. The van der Waals surface area contributed by atoms with E-state index in [0.717, 1.165) is 32.0 Å². The molecule has 1 fully saturated rings. The van der Waals surface area contributed by atoms with E-state index in [0.29, 0.717) is 5.92 Å². The lowest BCUT2D eigenvalue weighted by atomic mass is 9.96. The van der Waals surface area contributed by atoms with Crippen LogP contribution in [0.1, 0.15) is 35.7 Å². The monoisotopic (exact) mass is 322 g/mol. The molecule has 3 heterocycles. The molecule has 1 aromatic carbocycles. The smallest absolute Gasteiger partial charge is 0.137 e. The number of hydrogen-bond acceptors (Lipinski definition) is 4. The van der Waals surface area contributed by atoms with Crippen LogP contribution in [0.3, 0.4) is 0 Å². The second-order valence-corrected chi connectivity index (χ2v) is 6.51. The number of piperidine rings is 1. The zero-order valence-corrected chi connectivity index (χ0v) is 13.7. The Labute approximate surface area is 141 Å². The molecule has 124 valence electrons. The van der Waals surface area contributed by atoms with Crippen LogP contribution in [0, 0.1) is 0 Å². The molecule has 0 spiro atoms. The molecule has 0 aliphatic carbocycles. The topological polar surface area (TPSA) is 47.1 Å². The quantitative estimate of drug-likeness (QED) is 0.723. The predicted molar refractivity (Wildman–Crippen MR) is 91.5 cm³/mol. The minimum atomic E-state index is 0.442. The summed E-state index contributed by atoms with van der Waals surface area (Å²) >= 11 is 0. The van der Waals surface area contributed by atoms with Crippen molar-refractivity contribution in [2.24, 2.45) is 0 Å². The molecule has 3 aromatic rings. The average molecular weight is 322 g/mol. The summed E-state index contributed by atoms with van der Waals surface area (Å²) in [7, 11) is 0. The van der Waals surface area contributed by atoms with Crippen LogP contribution in [0.5, 0.6) is 0 Å². The van der Waals surface area contributed by atoms with Crippen LogP contribution in [0.2, 0.25) is 0 Å². The maximum absolute atomic E-state index is 5.19. The average Bonchev–Trinajstić information content (AvgIpc) is 3.28. The first kappa shape index (κ1) is 15.1. The minimum Gasteiger partial charge on any atom is -0.472 e. The SMILES string of the molecule is c1ccc(Cn2cnnc2C2CCCN(Cc3ccoc3)C2)cc1. The molecule has 24 heavy (non-hydrogen) atoms. The lowest BCUT2D eigenvalue weighted by Gasteiger charge is -2.32. The van der Waals surface area contributed by atoms with E-state index in [4.69, 9.17) is 4.42 Å². The van der Waals surface area contributed by atoms with Gasteiger partial charge in [0.2, 0.25) is 0 Å². The maximum atomic E-state index is 5.19. The van der Waals surface area contributed by atoms with Gasteiger partial charge in [0.05, 0.1) is 19.1 Å². The Hall–Kier alpha value is -2.40. The predicted octanol–water partition coefficient (Wildman–Crippen LogP) is 3.30. The maximum Gasteiger partial charge on any atom is 0.137 e. The number of benzene rings is 1. The summed E-state index contributed by atoms with van der Waals surface area (Å²) in [5.74, 6) is 1.55. The van der Waals surface area contributed by atoms with Gasteiger partial charge in [-0.1, -0.05) is 30.3 Å². The van der Waals surface area contributed by atoms with Crippen molar-refractivity contribution < 1.29 is 4.42 Å². The fourth-order valence-electron chi connectivity index (χ4n) is 3.53. The largest absolute Gasteiger partial charge is 0.472 e. The fraction of sp³-hybridized carbons (Fsp3) is 0.368. The van der Waals surface area contributed by atoms with Crippen LogP contribution >= 0.6 is 0 Å². The Morgan fingerprint density at radius 1 is 1.08 bits per heavy atom. The first-order chi connectivity index (χ1) is 11.9. The zero-order chi connectivity index (χ0) is 16.2. The van der Waals surface area contributed by atoms with E-state index in [-0.39, 0.29) is 0 Å². The highest BCUT2D eigenvalue weighted by Gasteiger charge is 2.25. The van der Waals surface area contributed by atoms with Gasteiger partial charge in [-0.2, -0.15) is 0 Å². The number of rotatable bonds is 5. The van der Waals surface area contributed by atoms with Crippen LogP contribution in [-0.2, 0) is 13.1 Å². The van der Waals surface area contributed by atoms with Crippen LogP contribution < -0.4 is 0 Å². The van der Waals surface area contributed by atoms with Gasteiger partial charge >= 0.3 is 0 Å². The van der Waals surface area contributed by atoms with Crippen molar-refractivity contribution in [3.63, 3.8) is 0 Å². The fourth-order valence-corrected chi connectivity index (χ4v) is 3.53. The molecule has 0 amide bonds. The van der Waals surface area contributed by atoms with Crippen molar-refractivity contribution in [2.45, 2.75) is 31.8 Å². The Bertz CT molecular complexity index is 751. The van der Waals surface area contributed by atoms with Crippen molar-refractivity contribution in [2.75, 3.05) is 13.1 Å². The molecule has 1 atom stereocenters. The zero-order valence-electron chi connectivity index (χ0n) is 13.7. The van der Waals surface area contributed by atoms with E-state index in [1.54, 1.807) is 6.26 Å². The Kier molecular flexibility index (Phi) is 4.42. The van der Waals surface area contributed by atoms with E-state index >= 15 is 0 Å². The molecule has 1 unspecified atom stereocenters. The Morgan fingerprint density at radius 2 is 2.00 bits per heavy atom. The molecular formula is C19H22N4O. The third-order valence-corrected chi connectivity index (χ3v) is 4.70. The van der Waals surface area contributed by atoms with E-state index in [1.807, 2.05) is 24.7 Å². The van der Waals surface area contributed by atoms with Crippen molar-refractivity contribution >= 4 is 0 Å². The van der Waals surface area contributed by atoms with Gasteiger partial charge < -0.3 is 8.98 Å². The molecule has 0 saturated carbocycles. The van der Waals surface area contributed by atoms with Gasteiger partial charge in [-0.15, -0.1) is 10.2 Å². The number of nitrogens with zero attached hydrogens (tertiary/aromatic N) is 4. The van der Waals surface area contributed by atoms with Gasteiger partial charge in [0.25, 0.3) is 0 Å². The van der Waals surface area contributed by atoms with Gasteiger partial charge in [0.15, 0.2) is 0 Å². The first-order valence-electron chi connectivity index (χ1n) is 8.53. The Balaban J connectivity index is 1.46. The van der Waals surface area contributed by atoms with Gasteiger partial charge in [0.1, 0.15) is 12.2 Å². The normalized spacial score (nSPS) is 18.8. The third-order valence-electron chi connectivity index (χ3n) is 4.70. The molecule has 2 aromatic heterocycles. The van der Waals surface area contributed by atoms with Crippen LogP contribution in [0.25, 0.3) is 0 Å². The van der Waals surface area contributed by atoms with E-state index < -0.39 is 0 Å². The minimum absolute atomic E-state index is 0.442. The highest BCUT2D eigenvalue weighted by atomic mass is 16.3. The van der Waals surface area contributed by atoms with E-state index in [2.05, 4.69) is 43.9 Å². The summed E-state index contributed by atoms with van der Waals surface area (Å²) in [5, 5.41) is 8.61. The summed E-state index contributed by atoms with van der Waals surface area (Å²) in [4.78, 5) is 2.49. The van der Waals surface area contributed by atoms with Crippen LogP contribution in [-0.4, -0.2) is 32.8 Å². The second kappa shape index (κ2) is 7.01. The lowest BCUT2D eigenvalue weighted by Crippen LogP contribution is -2.34. The number of furan rings is 1. The summed E-state index contributed by atoms with van der Waals surface area (Å²) in [5.41, 5.74) is 2.52. The summed E-state index contributed by atoms with van der Waals surface area (Å²) in [6.07, 6.45) is 7.81. The molecule has 4 rings (SSSR count). The van der Waals surface area contributed by atoms with Gasteiger partial charge in [-0.25, -0.2) is 0 Å². The second-order valence-electron chi connectivity index (χ2n) is 6.51. The molecule has 0 N–H and O–H groups in total. The van der Waals surface area contributed by atoms with Crippen molar-refractivity contribution in [1.29, 1.82) is 0 Å². The molecule has 1 aliphatic heterocycles. The molecule has 1 saturated heterocycles. The Morgan fingerprint density at radius 3 is 2.83 bits per heavy atom. The third kappa shape index (κ3) is 3.41. The summed E-state index contributed by atoms with van der Waals surface area (Å²) in [6, 6.07) is 12.5. The molecular weight excluding hydrogens is 300 g/mol. The molecule has 1 aliphatic rings. The van der Waals surface area contributed by atoms with E-state index in [1.165, 1.54) is 24.0 Å². The van der Waals surface area contributed by atoms with Crippen LogP contribution in [0.15, 0.2) is 59.7 Å². The van der Waals surface area contributed by atoms with Crippen molar-refractivity contribution in [1.82, 2.24) is 19.7 Å². The van der Waals surface area contributed by atoms with Gasteiger partial charge in [-0.3, -0.25) is 4.90 Å². The van der Waals surface area contributed by atoms with Gasteiger partial charge in [0, 0.05) is 24.6 Å². The summed E-state index contributed by atoms with van der Waals surface area (Å²) in [6.45, 7) is 3.94. The van der Waals surface area contributed by atoms with Crippen LogP contribution in [0.4, 0.5) is 0 Å². The van der Waals surface area contributed by atoms with Crippen molar-refractivity contribution in [3.8, 4) is 0 Å². The highest BCUT2D eigenvalue weighted by molar-refractivity contribution is 5.16. The number of likely N-dealkylation sites (tertiary alicyclic amines) is 1. The molecule has 5 nitrogen and oxygen atoms in total. The number of hydrogen-bond donors (Lipinski definition) is 0. The van der Waals surface area contributed by atoms with Gasteiger partial charge in [-0.05, 0) is 31.0 Å². The first-order valence-corrected chi connectivity index (χ1v) is 8.53. The number of aromatic nitrogens is 3. The van der Waals surface area contributed by atoms with E-state index in [9.17, 15) is 0 Å². The molecule has 0 radical (unpaired) electrons. The highest BCUT2D eigenvalue weighted by Crippen LogP contribution is 2.26.